The quantitative estimate of drug-likeness (QED) is 0.796. The number of hydrogen-bond donors (Lipinski definition) is 1. The van der Waals surface area contributed by atoms with Crippen LogP contribution in [0.1, 0.15) is 19.8 Å². The molecule has 1 aliphatic heterocycles. The molecule has 1 aromatic carbocycles. The van der Waals surface area contributed by atoms with Gasteiger partial charge in [-0.3, -0.25) is 9.59 Å². The van der Waals surface area contributed by atoms with E-state index in [2.05, 4.69) is 5.32 Å². The van der Waals surface area contributed by atoms with Crippen molar-refractivity contribution in [2.45, 2.75) is 26.1 Å². The molecule has 132 valence electrons. The molecule has 0 radical (unpaired) electrons. The normalized spacial score (nSPS) is 14.6. The minimum Gasteiger partial charge on any atom is -0.350 e. The maximum Gasteiger partial charge on any atom is 0.244 e. The zero-order chi connectivity index (χ0) is 17.5. The van der Waals surface area contributed by atoms with Gasteiger partial charge in [-0.1, -0.05) is 30.1 Å². The van der Waals surface area contributed by atoms with E-state index in [-0.39, 0.29) is 24.8 Å². The second-order valence-corrected chi connectivity index (χ2v) is 6.21. The largest absolute Gasteiger partial charge is 0.350 e. The van der Waals surface area contributed by atoms with Gasteiger partial charge in [-0.15, -0.1) is 0 Å². The molecule has 0 bridgehead atoms. The highest BCUT2D eigenvalue weighted by molar-refractivity contribution is 6.36. The van der Waals surface area contributed by atoms with Crippen LogP contribution in [-0.4, -0.2) is 49.3 Å². The molecule has 1 heterocycles. The molecule has 2 amide bonds. The minimum absolute atomic E-state index is 0.0572. The van der Waals surface area contributed by atoms with E-state index >= 15 is 0 Å². The summed E-state index contributed by atoms with van der Waals surface area (Å²) < 4.78 is 10.6. The van der Waals surface area contributed by atoms with Crippen LogP contribution in [0.5, 0.6) is 0 Å². The summed E-state index contributed by atoms with van der Waals surface area (Å²) in [7, 11) is 0. The first-order valence-corrected chi connectivity index (χ1v) is 8.51. The molecule has 1 saturated heterocycles. The molecular formula is C16H20Cl2N2O4. The fraction of sp³-hybridized carbons (Fsp3) is 0.500. The molecule has 0 unspecified atom stereocenters. The smallest absolute Gasteiger partial charge is 0.244 e. The van der Waals surface area contributed by atoms with Crippen LogP contribution in [0.4, 0.5) is 5.69 Å². The van der Waals surface area contributed by atoms with Crippen molar-refractivity contribution in [2.75, 3.05) is 31.6 Å². The predicted molar refractivity (Wildman–Crippen MR) is 92.3 cm³/mol. The van der Waals surface area contributed by atoms with Crippen LogP contribution in [0.15, 0.2) is 18.2 Å². The molecule has 0 aliphatic carbocycles. The van der Waals surface area contributed by atoms with Crippen LogP contribution in [-0.2, 0) is 19.1 Å². The van der Waals surface area contributed by atoms with Crippen molar-refractivity contribution >= 4 is 40.7 Å². The average molecular weight is 375 g/mol. The Morgan fingerprint density at radius 2 is 2.00 bits per heavy atom. The molecule has 1 N–H and O–H groups in total. The van der Waals surface area contributed by atoms with E-state index in [1.165, 1.54) is 4.90 Å². The van der Waals surface area contributed by atoms with E-state index < -0.39 is 6.29 Å². The van der Waals surface area contributed by atoms with Crippen molar-refractivity contribution in [3.05, 3.63) is 28.2 Å². The first kappa shape index (κ1) is 19.0. The van der Waals surface area contributed by atoms with Crippen molar-refractivity contribution in [3.63, 3.8) is 0 Å². The van der Waals surface area contributed by atoms with Crippen LogP contribution in [0.2, 0.25) is 10.0 Å². The van der Waals surface area contributed by atoms with Crippen molar-refractivity contribution in [3.8, 4) is 0 Å². The lowest BCUT2D eigenvalue weighted by molar-refractivity contribution is -0.142. The maximum absolute atomic E-state index is 12.3. The zero-order valence-electron chi connectivity index (χ0n) is 13.4. The molecule has 6 nitrogen and oxygen atoms in total. The fourth-order valence-electron chi connectivity index (χ4n) is 2.31. The highest BCUT2D eigenvalue weighted by Crippen LogP contribution is 2.25. The number of benzene rings is 1. The van der Waals surface area contributed by atoms with Crippen molar-refractivity contribution < 1.29 is 19.1 Å². The number of carbonyl (C=O) groups is 2. The summed E-state index contributed by atoms with van der Waals surface area (Å²) in [6.45, 7) is 3.34. The van der Waals surface area contributed by atoms with Crippen LogP contribution >= 0.6 is 23.2 Å². The van der Waals surface area contributed by atoms with Gasteiger partial charge in [0.1, 0.15) is 0 Å². The second-order valence-electron chi connectivity index (χ2n) is 5.36. The molecule has 0 spiro atoms. The third-order valence-corrected chi connectivity index (χ3v) is 3.97. The Balaban J connectivity index is 1.93. The fourth-order valence-corrected chi connectivity index (χ4v) is 2.77. The van der Waals surface area contributed by atoms with E-state index in [1.54, 1.807) is 18.2 Å². The van der Waals surface area contributed by atoms with E-state index in [0.29, 0.717) is 35.5 Å². The summed E-state index contributed by atoms with van der Waals surface area (Å²) in [6.07, 6.45) is 0.327. The topological polar surface area (TPSA) is 67.9 Å². The van der Waals surface area contributed by atoms with E-state index in [1.807, 2.05) is 6.92 Å². The van der Waals surface area contributed by atoms with Gasteiger partial charge in [0, 0.05) is 11.6 Å². The molecule has 8 heteroatoms. The number of amides is 2. The van der Waals surface area contributed by atoms with E-state index in [0.717, 1.165) is 6.42 Å². The van der Waals surface area contributed by atoms with Gasteiger partial charge in [0.05, 0.1) is 36.9 Å². The van der Waals surface area contributed by atoms with Gasteiger partial charge in [-0.05, 0) is 24.6 Å². The first-order valence-electron chi connectivity index (χ1n) is 7.75. The highest BCUT2D eigenvalue weighted by atomic mass is 35.5. The van der Waals surface area contributed by atoms with Crippen molar-refractivity contribution in [1.82, 2.24) is 4.90 Å². The molecule has 0 atom stereocenters. The number of hydrogen-bond acceptors (Lipinski definition) is 4. The molecule has 0 aromatic heterocycles. The average Bonchev–Trinajstić information content (AvgIpc) is 3.02. The summed E-state index contributed by atoms with van der Waals surface area (Å²) in [5.74, 6) is -0.504. The molecule has 2 rings (SSSR count). The maximum atomic E-state index is 12.3. The van der Waals surface area contributed by atoms with Gasteiger partial charge in [-0.25, -0.2) is 0 Å². The van der Waals surface area contributed by atoms with Gasteiger partial charge in [0.25, 0.3) is 0 Å². The van der Waals surface area contributed by atoms with Crippen LogP contribution in [0.25, 0.3) is 0 Å². The summed E-state index contributed by atoms with van der Waals surface area (Å²) in [5, 5.41) is 3.52. The van der Waals surface area contributed by atoms with Gasteiger partial charge < -0.3 is 19.7 Å². The number of halogens is 2. The lowest BCUT2D eigenvalue weighted by Gasteiger charge is -2.23. The summed E-state index contributed by atoms with van der Waals surface area (Å²) in [6, 6.07) is 4.80. The monoisotopic (exact) mass is 374 g/mol. The molecule has 1 aliphatic rings. The molecule has 24 heavy (non-hydrogen) atoms. The third kappa shape index (κ3) is 5.63. The lowest BCUT2D eigenvalue weighted by atomic mass is 10.3. The summed E-state index contributed by atoms with van der Waals surface area (Å²) in [4.78, 5) is 26.0. The molecular weight excluding hydrogens is 355 g/mol. The Kier molecular flexibility index (Phi) is 7.30. The van der Waals surface area contributed by atoms with Crippen molar-refractivity contribution in [2.24, 2.45) is 0 Å². The van der Waals surface area contributed by atoms with Crippen LogP contribution in [0, 0.1) is 0 Å². The SMILES string of the molecule is CCCN(CC(=O)Nc1ccc(Cl)cc1Cl)C(=O)CC1OCCO1. The number of rotatable bonds is 7. The Bertz CT molecular complexity index is 591. The van der Waals surface area contributed by atoms with Gasteiger partial charge in [0.2, 0.25) is 11.8 Å². The number of nitrogens with one attached hydrogen (secondary N) is 1. The number of carbonyl (C=O) groups excluding carboxylic acids is 2. The number of nitrogens with zero attached hydrogens (tertiary/aromatic N) is 1. The highest BCUT2D eigenvalue weighted by Gasteiger charge is 2.24. The number of anilines is 1. The summed E-state index contributed by atoms with van der Waals surface area (Å²) in [5.41, 5.74) is 0.456. The van der Waals surface area contributed by atoms with Gasteiger partial charge >= 0.3 is 0 Å². The zero-order valence-corrected chi connectivity index (χ0v) is 14.9. The van der Waals surface area contributed by atoms with Gasteiger partial charge in [-0.2, -0.15) is 0 Å². The standard InChI is InChI=1S/C16H20Cl2N2O4/c1-2-5-20(15(22)9-16-23-6-7-24-16)10-14(21)19-13-4-3-11(17)8-12(13)18/h3-4,8,16H,2,5-7,9-10H2,1H3,(H,19,21). The Labute approximate surface area is 151 Å². The number of ether oxygens (including phenoxy) is 2. The molecule has 1 fully saturated rings. The van der Waals surface area contributed by atoms with E-state index in [9.17, 15) is 9.59 Å². The molecule has 1 aromatic rings. The first-order chi connectivity index (χ1) is 11.5. The van der Waals surface area contributed by atoms with Crippen molar-refractivity contribution in [1.29, 1.82) is 0 Å². The Morgan fingerprint density at radius 1 is 1.29 bits per heavy atom. The van der Waals surface area contributed by atoms with Gasteiger partial charge in [0.15, 0.2) is 6.29 Å². The Hall–Kier alpha value is -1.34. The summed E-state index contributed by atoms with van der Waals surface area (Å²) >= 11 is 11.9. The van der Waals surface area contributed by atoms with Crippen LogP contribution in [0.3, 0.4) is 0 Å². The third-order valence-electron chi connectivity index (χ3n) is 3.42. The predicted octanol–water partition coefficient (Wildman–Crippen LogP) is 2.93. The lowest BCUT2D eigenvalue weighted by Crippen LogP contribution is -2.40. The minimum atomic E-state index is -0.523. The van der Waals surface area contributed by atoms with E-state index in [4.69, 9.17) is 32.7 Å². The Morgan fingerprint density at radius 3 is 2.62 bits per heavy atom. The molecule has 0 saturated carbocycles. The van der Waals surface area contributed by atoms with Crippen LogP contribution < -0.4 is 5.32 Å². The second kappa shape index (κ2) is 9.22.